The van der Waals surface area contributed by atoms with E-state index in [1.165, 1.54) is 0 Å². The molecule has 4 unspecified atom stereocenters. The van der Waals surface area contributed by atoms with Gasteiger partial charge >= 0.3 is 0 Å². The van der Waals surface area contributed by atoms with Crippen molar-refractivity contribution in [1.29, 1.82) is 0 Å². The molecule has 61 heavy (non-hydrogen) atoms. The van der Waals surface area contributed by atoms with Gasteiger partial charge in [0.1, 0.15) is 0 Å². The highest BCUT2D eigenvalue weighted by Gasteiger charge is 2.40. The molecule has 3 aliphatic heterocycles. The van der Waals surface area contributed by atoms with Crippen LogP contribution in [0.25, 0.3) is 33.5 Å². The number of fused-ring (bicyclic) bond motifs is 2. The van der Waals surface area contributed by atoms with E-state index >= 15 is 0 Å². The lowest BCUT2D eigenvalue weighted by Crippen LogP contribution is -2.39. The molecule has 314 valence electrons. The van der Waals surface area contributed by atoms with Gasteiger partial charge in [0.05, 0.1) is 35.2 Å². The van der Waals surface area contributed by atoms with E-state index in [0.29, 0.717) is 36.2 Å². The molecule has 4 atom stereocenters. The summed E-state index contributed by atoms with van der Waals surface area (Å²) in [5.74, 6) is 0.527. The number of aryl methyl sites for hydroxylation is 2. The predicted octanol–water partition coefficient (Wildman–Crippen LogP) is 6.00. The van der Waals surface area contributed by atoms with Gasteiger partial charge in [-0.3, -0.25) is 34.8 Å². The third-order valence-corrected chi connectivity index (χ3v) is 12.5. The fraction of sp³-hybridized carbons (Fsp3) is 0.413. The smallest absolute Gasteiger partial charge is 0.293 e. The molecule has 15 nitrogen and oxygen atoms in total. The van der Waals surface area contributed by atoms with Gasteiger partial charge in [0.25, 0.3) is 11.7 Å². The second-order valence-corrected chi connectivity index (χ2v) is 18.0. The summed E-state index contributed by atoms with van der Waals surface area (Å²) in [5.41, 5.74) is 9.79. The van der Waals surface area contributed by atoms with Gasteiger partial charge in [-0.25, -0.2) is 4.98 Å². The maximum absolute atomic E-state index is 12.9. The van der Waals surface area contributed by atoms with E-state index in [4.69, 9.17) is 14.5 Å². The molecule has 0 bridgehead atoms. The summed E-state index contributed by atoms with van der Waals surface area (Å²) in [7, 11) is 0. The molecule has 6 aromatic rings. The van der Waals surface area contributed by atoms with Gasteiger partial charge < -0.3 is 19.6 Å². The molecular formula is C46H51N11O4. The van der Waals surface area contributed by atoms with E-state index in [2.05, 4.69) is 70.0 Å². The summed E-state index contributed by atoms with van der Waals surface area (Å²) in [5, 5.41) is 17.9. The van der Waals surface area contributed by atoms with E-state index in [-0.39, 0.29) is 40.9 Å². The molecule has 0 radical (unpaired) electrons. The Balaban J connectivity index is 0.802. The number of aromatic nitrogens is 7. The number of pyridine rings is 3. The van der Waals surface area contributed by atoms with E-state index in [1.54, 1.807) is 0 Å². The Labute approximate surface area is 354 Å². The normalized spacial score (nSPS) is 20.0. The van der Waals surface area contributed by atoms with Crippen molar-refractivity contribution in [2.24, 2.45) is 11.8 Å². The number of aromatic amines is 1. The van der Waals surface area contributed by atoms with Crippen molar-refractivity contribution in [2.45, 2.75) is 78.2 Å². The Hall–Kier alpha value is -6.35. The van der Waals surface area contributed by atoms with Crippen LogP contribution in [0, 0.1) is 25.7 Å². The molecule has 3 amide bonds. The van der Waals surface area contributed by atoms with Crippen molar-refractivity contribution in [1.82, 2.24) is 50.8 Å². The lowest BCUT2D eigenvalue weighted by atomic mass is 9.89. The van der Waals surface area contributed by atoms with E-state index in [1.807, 2.05) is 78.2 Å². The van der Waals surface area contributed by atoms with Crippen LogP contribution in [0.3, 0.4) is 0 Å². The first kappa shape index (κ1) is 40.1. The van der Waals surface area contributed by atoms with Gasteiger partial charge in [0, 0.05) is 85.1 Å². The van der Waals surface area contributed by atoms with Crippen molar-refractivity contribution < 1.29 is 18.9 Å². The van der Waals surface area contributed by atoms with Gasteiger partial charge in [-0.1, -0.05) is 44.1 Å². The van der Waals surface area contributed by atoms with Crippen LogP contribution in [0.15, 0.2) is 65.4 Å². The second kappa shape index (κ2) is 15.9. The highest BCUT2D eigenvalue weighted by Crippen LogP contribution is 2.36. The fourth-order valence-electron chi connectivity index (χ4n) is 9.16. The van der Waals surface area contributed by atoms with E-state index < -0.39 is 0 Å². The van der Waals surface area contributed by atoms with Crippen molar-refractivity contribution in [3.8, 4) is 22.5 Å². The SMILES string of the molecule is Cc1cc(-c2[nH]nc3ncc(-c4ccc(N5CC6CN(CCc7ccc(C8CCC(=O)NC8=O)c(C)n7)CC6C5)cn4)cc23)ccc1C(C)NC(=O)c1noc(C(C)(C)C)n1. The number of benzene rings is 1. The molecule has 5 aromatic heterocycles. The van der Waals surface area contributed by atoms with Crippen LogP contribution in [-0.4, -0.2) is 90.6 Å². The summed E-state index contributed by atoms with van der Waals surface area (Å²) in [6.07, 6.45) is 5.56. The lowest BCUT2D eigenvalue weighted by Gasteiger charge is -2.23. The first-order valence-electron chi connectivity index (χ1n) is 21.1. The highest BCUT2D eigenvalue weighted by molar-refractivity contribution is 6.01. The van der Waals surface area contributed by atoms with Gasteiger partial charge in [-0.2, -0.15) is 10.1 Å². The summed E-state index contributed by atoms with van der Waals surface area (Å²) in [6.45, 7) is 16.9. The summed E-state index contributed by atoms with van der Waals surface area (Å²) >= 11 is 0. The molecule has 3 aliphatic rings. The minimum atomic E-state index is -0.389. The molecule has 0 spiro atoms. The Bertz CT molecular complexity index is 2630. The average Bonchev–Trinajstić information content (AvgIpc) is 4.04. The number of likely N-dealkylation sites (tertiary alicyclic amines) is 1. The standard InChI is InChI=1S/C46H51N11O4/c1-25-17-28(7-10-34(25)26(2)50-44(60)42-52-45(61-55-42)46(4,5)6)40-37-18-29(19-48-41(37)54-53-40)38-13-9-33(20-47-38)57-23-30-21-56(22-31(30)24-57)16-15-32-8-11-35(27(3)49-32)36-12-14-39(58)51-43(36)59/h7-11,13,17-20,26,30-31,36H,12,14-16,21-24H2,1-6H3,(H,50,60)(H,48,53,54)(H,51,58,59). The van der Waals surface area contributed by atoms with Gasteiger partial charge in [0.15, 0.2) is 5.65 Å². The molecule has 3 fully saturated rings. The number of nitrogens with zero attached hydrogens (tertiary/aromatic N) is 8. The minimum absolute atomic E-state index is 0.0178. The van der Waals surface area contributed by atoms with Gasteiger partial charge in [-0.05, 0) is 86.1 Å². The number of carbonyl (C=O) groups is 3. The van der Waals surface area contributed by atoms with E-state index in [0.717, 1.165) is 101 Å². The lowest BCUT2D eigenvalue weighted by molar-refractivity contribution is -0.134. The number of nitrogens with one attached hydrogen (secondary N) is 3. The first-order valence-corrected chi connectivity index (χ1v) is 21.1. The third kappa shape index (κ3) is 8.13. The quantitative estimate of drug-likeness (QED) is 0.137. The third-order valence-electron chi connectivity index (χ3n) is 12.5. The van der Waals surface area contributed by atoms with Crippen LogP contribution in [0.2, 0.25) is 0 Å². The number of hydrogen-bond donors (Lipinski definition) is 3. The van der Waals surface area contributed by atoms with Crippen LogP contribution in [0.1, 0.15) is 97.1 Å². The number of anilines is 1. The molecule has 9 rings (SSSR count). The monoisotopic (exact) mass is 821 g/mol. The zero-order valence-corrected chi connectivity index (χ0v) is 35.5. The Kier molecular flexibility index (Phi) is 10.5. The van der Waals surface area contributed by atoms with Crippen LogP contribution in [0.5, 0.6) is 0 Å². The van der Waals surface area contributed by atoms with Gasteiger partial charge in [-0.15, -0.1) is 0 Å². The number of rotatable bonds is 10. The molecule has 8 heterocycles. The Morgan fingerprint density at radius 2 is 1.75 bits per heavy atom. The molecule has 15 heteroatoms. The number of carbonyl (C=O) groups excluding carboxylic acids is 3. The van der Waals surface area contributed by atoms with E-state index in [9.17, 15) is 14.4 Å². The molecular weight excluding hydrogens is 771 g/mol. The number of imide groups is 1. The van der Waals surface area contributed by atoms with Crippen LogP contribution in [0.4, 0.5) is 5.69 Å². The first-order chi connectivity index (χ1) is 29.3. The fourth-order valence-corrected chi connectivity index (χ4v) is 9.16. The molecule has 3 saturated heterocycles. The maximum Gasteiger partial charge on any atom is 0.293 e. The minimum Gasteiger partial charge on any atom is -0.370 e. The van der Waals surface area contributed by atoms with Crippen molar-refractivity contribution in [3.05, 3.63) is 101 Å². The van der Waals surface area contributed by atoms with Crippen molar-refractivity contribution >= 4 is 34.4 Å². The van der Waals surface area contributed by atoms with Gasteiger partial charge in [0.2, 0.25) is 17.7 Å². The highest BCUT2D eigenvalue weighted by atomic mass is 16.5. The zero-order chi connectivity index (χ0) is 42.6. The summed E-state index contributed by atoms with van der Waals surface area (Å²) < 4.78 is 5.31. The summed E-state index contributed by atoms with van der Waals surface area (Å²) in [6, 6.07) is 16.2. The maximum atomic E-state index is 12.9. The Morgan fingerprint density at radius 1 is 0.951 bits per heavy atom. The molecule has 3 N–H and O–H groups in total. The van der Waals surface area contributed by atoms with Crippen LogP contribution >= 0.6 is 0 Å². The summed E-state index contributed by atoms with van der Waals surface area (Å²) in [4.78, 5) is 60.7. The number of H-pyrrole nitrogens is 1. The largest absolute Gasteiger partial charge is 0.370 e. The predicted molar refractivity (Wildman–Crippen MR) is 230 cm³/mol. The number of piperidine rings is 1. The van der Waals surface area contributed by atoms with Crippen molar-refractivity contribution in [2.75, 3.05) is 37.6 Å². The number of hydrogen-bond acceptors (Lipinski definition) is 12. The van der Waals surface area contributed by atoms with Crippen LogP contribution < -0.4 is 15.5 Å². The van der Waals surface area contributed by atoms with Crippen LogP contribution in [-0.2, 0) is 21.4 Å². The molecule has 0 saturated carbocycles. The second-order valence-electron chi connectivity index (χ2n) is 18.0. The average molecular weight is 822 g/mol. The zero-order valence-electron chi connectivity index (χ0n) is 35.5. The molecule has 0 aliphatic carbocycles. The molecule has 1 aromatic carbocycles. The number of amides is 3. The Morgan fingerprint density at radius 3 is 2.44 bits per heavy atom. The van der Waals surface area contributed by atoms with Crippen molar-refractivity contribution in [3.63, 3.8) is 0 Å². The topological polar surface area (TPSA) is 188 Å².